The molecule has 0 saturated carbocycles. The predicted octanol–water partition coefficient (Wildman–Crippen LogP) is 3.08. The van der Waals surface area contributed by atoms with Crippen molar-refractivity contribution in [1.29, 1.82) is 0 Å². The van der Waals surface area contributed by atoms with E-state index in [1.54, 1.807) is 62.3 Å². The molecule has 7 atom stereocenters. The molecule has 0 radical (unpaired) electrons. The van der Waals surface area contributed by atoms with Crippen molar-refractivity contribution in [3.05, 3.63) is 12.2 Å². The fourth-order valence-electron chi connectivity index (χ4n) is 4.71. The molecule has 51 heavy (non-hydrogen) atoms. The zero-order valence-electron chi connectivity index (χ0n) is 31.3. The summed E-state index contributed by atoms with van der Waals surface area (Å²) in [7, 11) is 0. The Balaban J connectivity index is 2.80. The standard InChI is InChI=1S/C33H50N2O16/c1-17(36)43-16-22-24(44-18(2)37)25(45-19(3)38)26(46-20(4)39)28(47-22)48-23-15-14-21(27(40)49-31(5,6)7)34(29(41)50-32(8,9)10)35(23)30(42)51-33(11,12)13/h14-15,21-26,28H,16H2,1-13H3/t21-,22+,23-,24+,25-,26+,28-/m0/s1. The highest BCUT2D eigenvalue weighted by Gasteiger charge is 2.55. The van der Waals surface area contributed by atoms with Crippen LogP contribution in [0.1, 0.15) is 90.0 Å². The Morgan fingerprint density at radius 2 is 1.04 bits per heavy atom. The topological polar surface area (TPSA) is 209 Å². The minimum absolute atomic E-state index is 0.557. The Labute approximate surface area is 296 Å². The molecular formula is C33H50N2O16. The Hall–Kier alpha value is -4.45. The van der Waals surface area contributed by atoms with Gasteiger partial charge in [-0.3, -0.25) is 19.2 Å². The summed E-state index contributed by atoms with van der Waals surface area (Å²) in [5, 5.41) is 1.31. The van der Waals surface area contributed by atoms with Gasteiger partial charge in [0.1, 0.15) is 29.5 Å². The van der Waals surface area contributed by atoms with Crippen molar-refractivity contribution in [1.82, 2.24) is 10.0 Å². The molecule has 2 aliphatic heterocycles. The number of hydrazine groups is 1. The van der Waals surface area contributed by atoms with E-state index in [9.17, 15) is 33.6 Å². The molecule has 18 heteroatoms. The highest BCUT2D eigenvalue weighted by atomic mass is 16.7. The Morgan fingerprint density at radius 3 is 1.49 bits per heavy atom. The average Bonchev–Trinajstić information content (AvgIpc) is 2.91. The summed E-state index contributed by atoms with van der Waals surface area (Å²) >= 11 is 0. The fraction of sp³-hybridized carbons (Fsp3) is 0.727. The lowest BCUT2D eigenvalue weighted by atomic mass is 9.98. The Morgan fingerprint density at radius 1 is 0.588 bits per heavy atom. The normalized spacial score (nSPS) is 25.2. The van der Waals surface area contributed by atoms with Gasteiger partial charge in [-0.05, 0) is 74.5 Å². The molecule has 0 bridgehead atoms. The van der Waals surface area contributed by atoms with Crippen LogP contribution in [0.4, 0.5) is 9.59 Å². The van der Waals surface area contributed by atoms with E-state index in [-0.39, 0.29) is 0 Å². The second-order valence-electron chi connectivity index (χ2n) is 14.6. The number of carbonyl (C=O) groups excluding carboxylic acids is 7. The molecular weight excluding hydrogens is 680 g/mol. The molecule has 0 aromatic carbocycles. The summed E-state index contributed by atoms with van der Waals surface area (Å²) in [6, 6.07) is -1.58. The molecule has 0 aromatic rings. The first-order chi connectivity index (χ1) is 23.2. The highest BCUT2D eigenvalue weighted by molar-refractivity contribution is 5.86. The van der Waals surface area contributed by atoms with Gasteiger partial charge in [0, 0.05) is 27.7 Å². The van der Waals surface area contributed by atoms with Crippen LogP contribution in [0.15, 0.2) is 12.2 Å². The minimum Gasteiger partial charge on any atom is -0.463 e. The summed E-state index contributed by atoms with van der Waals surface area (Å²) in [5.41, 5.74) is -3.27. The molecule has 2 rings (SSSR count). The summed E-state index contributed by atoms with van der Waals surface area (Å²) in [4.78, 5) is 89.9. The smallest absolute Gasteiger partial charge is 0.432 e. The van der Waals surface area contributed by atoms with Crippen LogP contribution in [0, 0.1) is 0 Å². The lowest BCUT2D eigenvalue weighted by Gasteiger charge is -2.47. The molecule has 1 fully saturated rings. The van der Waals surface area contributed by atoms with E-state index >= 15 is 0 Å². The van der Waals surface area contributed by atoms with Crippen molar-refractivity contribution in [3.8, 4) is 0 Å². The highest BCUT2D eigenvalue weighted by Crippen LogP contribution is 2.33. The molecule has 2 heterocycles. The van der Waals surface area contributed by atoms with Crippen molar-refractivity contribution >= 4 is 42.0 Å². The maximum Gasteiger partial charge on any atom is 0.432 e. The fourth-order valence-corrected chi connectivity index (χ4v) is 4.71. The third kappa shape index (κ3) is 13.3. The van der Waals surface area contributed by atoms with Crippen molar-refractivity contribution in [2.45, 2.75) is 150 Å². The van der Waals surface area contributed by atoms with Gasteiger partial charge in [-0.1, -0.05) is 0 Å². The lowest BCUT2D eigenvalue weighted by molar-refractivity contribution is -0.328. The van der Waals surface area contributed by atoms with Gasteiger partial charge >= 0.3 is 42.0 Å². The van der Waals surface area contributed by atoms with E-state index in [2.05, 4.69) is 0 Å². The van der Waals surface area contributed by atoms with E-state index < -0.39 is 108 Å². The van der Waals surface area contributed by atoms with Crippen LogP contribution in [-0.4, -0.2) is 118 Å². The zero-order valence-corrected chi connectivity index (χ0v) is 31.3. The van der Waals surface area contributed by atoms with Crippen molar-refractivity contribution in [3.63, 3.8) is 0 Å². The molecule has 0 spiro atoms. The summed E-state index contributed by atoms with van der Waals surface area (Å²) in [5.74, 6) is -4.31. The van der Waals surface area contributed by atoms with Crippen LogP contribution in [0.5, 0.6) is 0 Å². The van der Waals surface area contributed by atoms with Gasteiger partial charge in [0.15, 0.2) is 30.6 Å². The molecule has 0 unspecified atom stereocenters. The van der Waals surface area contributed by atoms with Crippen LogP contribution >= 0.6 is 0 Å². The molecule has 0 N–H and O–H groups in total. The Bertz CT molecular complexity index is 1360. The van der Waals surface area contributed by atoms with Gasteiger partial charge in [-0.2, -0.15) is 10.0 Å². The minimum atomic E-state index is -1.79. The zero-order chi connectivity index (χ0) is 39.2. The molecule has 0 aliphatic carbocycles. The number of hydrogen-bond donors (Lipinski definition) is 0. The number of carbonyl (C=O) groups is 7. The number of ether oxygens (including phenoxy) is 9. The van der Waals surface area contributed by atoms with E-state index in [1.165, 1.54) is 12.2 Å². The number of amides is 2. The maximum absolute atomic E-state index is 14.0. The van der Waals surface area contributed by atoms with E-state index in [4.69, 9.17) is 42.6 Å². The first-order valence-corrected chi connectivity index (χ1v) is 16.1. The summed E-state index contributed by atoms with van der Waals surface area (Å²) < 4.78 is 50.4. The van der Waals surface area contributed by atoms with Crippen molar-refractivity contribution in [2.75, 3.05) is 6.61 Å². The molecule has 288 valence electrons. The first kappa shape index (κ1) is 42.7. The van der Waals surface area contributed by atoms with Crippen LogP contribution in [-0.2, 0) is 66.6 Å². The molecule has 1 saturated heterocycles. The average molecular weight is 731 g/mol. The third-order valence-corrected chi connectivity index (χ3v) is 6.23. The van der Waals surface area contributed by atoms with Gasteiger partial charge in [0.05, 0.1) is 0 Å². The maximum atomic E-state index is 14.0. The van der Waals surface area contributed by atoms with E-state index in [1.807, 2.05) is 0 Å². The number of nitrogens with zero attached hydrogens (tertiary/aromatic N) is 2. The van der Waals surface area contributed by atoms with Gasteiger partial charge in [-0.25, -0.2) is 14.4 Å². The molecule has 2 aliphatic rings. The molecule has 2 amide bonds. The summed E-state index contributed by atoms with van der Waals surface area (Å²) in [6.07, 6.45) is -9.58. The lowest BCUT2D eigenvalue weighted by Crippen LogP contribution is -2.67. The number of hydrogen-bond acceptors (Lipinski definition) is 16. The summed E-state index contributed by atoms with van der Waals surface area (Å²) in [6.45, 7) is 17.9. The van der Waals surface area contributed by atoms with Crippen LogP contribution in [0.2, 0.25) is 0 Å². The van der Waals surface area contributed by atoms with Crippen molar-refractivity contribution < 1.29 is 76.2 Å². The Kier molecular flexibility index (Phi) is 14.0. The second-order valence-corrected chi connectivity index (χ2v) is 14.6. The van der Waals surface area contributed by atoms with E-state index in [0.717, 1.165) is 27.7 Å². The van der Waals surface area contributed by atoms with Gasteiger partial charge in [0.25, 0.3) is 0 Å². The third-order valence-electron chi connectivity index (χ3n) is 6.23. The predicted molar refractivity (Wildman–Crippen MR) is 172 cm³/mol. The quantitative estimate of drug-likeness (QED) is 0.200. The number of esters is 5. The van der Waals surface area contributed by atoms with Gasteiger partial charge in [-0.15, -0.1) is 0 Å². The monoisotopic (exact) mass is 730 g/mol. The SMILES string of the molecule is CC(=O)OC[C@H]1O[C@@H](O[C@H]2C=C[C@@H](C(=O)OC(C)(C)C)N(C(=O)OC(C)(C)C)N2C(=O)OC(C)(C)C)[C@H](OC(C)=O)[C@@H](OC(C)=O)[C@@H]1OC(C)=O. The molecule has 18 nitrogen and oxygen atoms in total. The van der Waals surface area contributed by atoms with Crippen LogP contribution in [0.25, 0.3) is 0 Å². The van der Waals surface area contributed by atoms with Gasteiger partial charge in [0.2, 0.25) is 6.29 Å². The largest absolute Gasteiger partial charge is 0.463 e. The van der Waals surface area contributed by atoms with Gasteiger partial charge < -0.3 is 42.6 Å². The van der Waals surface area contributed by atoms with Crippen molar-refractivity contribution in [2.24, 2.45) is 0 Å². The number of rotatable bonds is 8. The van der Waals surface area contributed by atoms with Crippen LogP contribution < -0.4 is 0 Å². The molecule has 0 aromatic heterocycles. The van der Waals surface area contributed by atoms with E-state index in [0.29, 0.717) is 10.0 Å². The second kappa shape index (κ2) is 16.7. The first-order valence-electron chi connectivity index (χ1n) is 16.1. The van der Waals surface area contributed by atoms with Crippen LogP contribution in [0.3, 0.4) is 0 Å².